The van der Waals surface area contributed by atoms with Crippen molar-refractivity contribution in [3.63, 3.8) is 0 Å². The summed E-state index contributed by atoms with van der Waals surface area (Å²) in [6.45, 7) is 9.26. The van der Waals surface area contributed by atoms with Crippen LogP contribution in [0.25, 0.3) is 0 Å². The van der Waals surface area contributed by atoms with Gasteiger partial charge in [-0.1, -0.05) is 20.8 Å². The first-order valence-corrected chi connectivity index (χ1v) is 7.73. The van der Waals surface area contributed by atoms with E-state index in [0.717, 1.165) is 38.2 Å². The zero-order chi connectivity index (χ0) is 14.4. The fourth-order valence-electron chi connectivity index (χ4n) is 2.56. The number of aromatic nitrogens is 2. The number of piperazine rings is 1. The second kappa shape index (κ2) is 7.43. The summed E-state index contributed by atoms with van der Waals surface area (Å²) in [5.74, 6) is 1.66. The van der Waals surface area contributed by atoms with Crippen molar-refractivity contribution >= 4 is 5.82 Å². The van der Waals surface area contributed by atoms with Crippen molar-refractivity contribution in [3.8, 4) is 5.88 Å². The molecule has 2 unspecified atom stereocenters. The van der Waals surface area contributed by atoms with Gasteiger partial charge in [-0.25, -0.2) is 9.97 Å². The standard InChI is InChI=1S/C15H26N4O/c1-4-7-20-15-8-14(17-11-18-15)19-10-12(5-2)16-9-13(19)6-3/h8,11-13,16H,4-7,9-10H2,1-3H3. The molecular formula is C15H26N4O. The van der Waals surface area contributed by atoms with Crippen molar-refractivity contribution < 1.29 is 4.74 Å². The Balaban J connectivity index is 2.14. The molecule has 2 rings (SSSR count). The number of anilines is 1. The maximum atomic E-state index is 5.62. The lowest BCUT2D eigenvalue weighted by molar-refractivity contribution is 0.304. The van der Waals surface area contributed by atoms with Crippen LogP contribution >= 0.6 is 0 Å². The summed E-state index contributed by atoms with van der Waals surface area (Å²) >= 11 is 0. The molecule has 0 amide bonds. The molecular weight excluding hydrogens is 252 g/mol. The van der Waals surface area contributed by atoms with E-state index in [1.807, 2.05) is 6.07 Å². The number of nitrogens with zero attached hydrogens (tertiary/aromatic N) is 3. The molecule has 0 aliphatic carbocycles. The molecule has 5 heteroatoms. The lowest BCUT2D eigenvalue weighted by Crippen LogP contribution is -2.56. The number of nitrogens with one attached hydrogen (secondary N) is 1. The molecule has 1 aliphatic rings. The molecule has 1 fully saturated rings. The van der Waals surface area contributed by atoms with E-state index < -0.39 is 0 Å². The van der Waals surface area contributed by atoms with E-state index in [2.05, 4.69) is 41.0 Å². The Labute approximate surface area is 121 Å². The van der Waals surface area contributed by atoms with E-state index in [0.29, 0.717) is 24.6 Å². The van der Waals surface area contributed by atoms with Gasteiger partial charge in [-0.05, 0) is 19.3 Å². The second-order valence-electron chi connectivity index (χ2n) is 5.29. The first-order chi connectivity index (χ1) is 9.78. The fraction of sp³-hybridized carbons (Fsp3) is 0.733. The molecule has 1 N–H and O–H groups in total. The van der Waals surface area contributed by atoms with Gasteiger partial charge in [-0.3, -0.25) is 0 Å². The minimum Gasteiger partial charge on any atom is -0.478 e. The van der Waals surface area contributed by atoms with Crippen molar-refractivity contribution in [1.82, 2.24) is 15.3 Å². The summed E-state index contributed by atoms with van der Waals surface area (Å²) < 4.78 is 5.62. The highest BCUT2D eigenvalue weighted by molar-refractivity contribution is 5.43. The summed E-state index contributed by atoms with van der Waals surface area (Å²) in [7, 11) is 0. The van der Waals surface area contributed by atoms with E-state index in [4.69, 9.17) is 4.74 Å². The van der Waals surface area contributed by atoms with Crippen LogP contribution < -0.4 is 15.0 Å². The van der Waals surface area contributed by atoms with Crippen molar-refractivity contribution in [2.75, 3.05) is 24.6 Å². The maximum Gasteiger partial charge on any atom is 0.218 e. The van der Waals surface area contributed by atoms with E-state index in [1.165, 1.54) is 0 Å². The molecule has 0 spiro atoms. The van der Waals surface area contributed by atoms with Crippen LogP contribution in [-0.4, -0.2) is 41.7 Å². The topological polar surface area (TPSA) is 50.3 Å². The third-order valence-electron chi connectivity index (χ3n) is 3.84. The molecule has 112 valence electrons. The van der Waals surface area contributed by atoms with Gasteiger partial charge in [0.15, 0.2) is 0 Å². The minimum atomic E-state index is 0.492. The van der Waals surface area contributed by atoms with Crippen LogP contribution in [0.1, 0.15) is 40.0 Å². The molecule has 2 heterocycles. The molecule has 0 saturated carbocycles. The first-order valence-electron chi connectivity index (χ1n) is 7.73. The van der Waals surface area contributed by atoms with E-state index in [-0.39, 0.29) is 0 Å². The van der Waals surface area contributed by atoms with Gasteiger partial charge >= 0.3 is 0 Å². The van der Waals surface area contributed by atoms with Gasteiger partial charge in [-0.2, -0.15) is 0 Å². The normalized spacial score (nSPS) is 22.9. The Kier molecular flexibility index (Phi) is 5.59. The van der Waals surface area contributed by atoms with Gasteiger partial charge in [-0.15, -0.1) is 0 Å². The van der Waals surface area contributed by atoms with Gasteiger partial charge in [0.1, 0.15) is 12.1 Å². The predicted molar refractivity (Wildman–Crippen MR) is 81.3 cm³/mol. The molecule has 0 bridgehead atoms. The summed E-state index contributed by atoms with van der Waals surface area (Å²) in [6, 6.07) is 3.00. The summed E-state index contributed by atoms with van der Waals surface area (Å²) in [4.78, 5) is 11.0. The van der Waals surface area contributed by atoms with Crippen LogP contribution in [0.4, 0.5) is 5.82 Å². The molecule has 0 aromatic carbocycles. The zero-order valence-corrected chi connectivity index (χ0v) is 12.8. The highest BCUT2D eigenvalue weighted by atomic mass is 16.5. The van der Waals surface area contributed by atoms with Crippen LogP contribution in [-0.2, 0) is 0 Å². The molecule has 1 aromatic rings. The third-order valence-corrected chi connectivity index (χ3v) is 3.84. The molecule has 1 aromatic heterocycles. The summed E-state index contributed by atoms with van der Waals surface area (Å²) in [6.07, 6.45) is 4.84. The van der Waals surface area contributed by atoms with Crippen LogP contribution in [0.3, 0.4) is 0 Å². The molecule has 2 atom stereocenters. The first kappa shape index (κ1) is 15.0. The Bertz CT molecular complexity index is 413. The Morgan fingerprint density at radius 3 is 2.85 bits per heavy atom. The third kappa shape index (κ3) is 3.60. The fourth-order valence-corrected chi connectivity index (χ4v) is 2.56. The molecule has 0 radical (unpaired) electrons. The number of hydrogen-bond donors (Lipinski definition) is 1. The molecule has 20 heavy (non-hydrogen) atoms. The van der Waals surface area contributed by atoms with Crippen molar-refractivity contribution in [2.24, 2.45) is 0 Å². The summed E-state index contributed by atoms with van der Waals surface area (Å²) in [5.41, 5.74) is 0. The largest absolute Gasteiger partial charge is 0.478 e. The monoisotopic (exact) mass is 278 g/mol. The van der Waals surface area contributed by atoms with Gasteiger partial charge in [0.05, 0.1) is 6.61 Å². The van der Waals surface area contributed by atoms with Crippen LogP contribution in [0, 0.1) is 0 Å². The number of ether oxygens (including phenoxy) is 1. The van der Waals surface area contributed by atoms with Crippen molar-refractivity contribution in [1.29, 1.82) is 0 Å². The van der Waals surface area contributed by atoms with Crippen LogP contribution in [0.2, 0.25) is 0 Å². The Morgan fingerprint density at radius 1 is 1.30 bits per heavy atom. The SMILES string of the molecule is CCCOc1cc(N2CC(CC)NCC2CC)ncn1. The second-order valence-corrected chi connectivity index (χ2v) is 5.29. The van der Waals surface area contributed by atoms with Crippen molar-refractivity contribution in [3.05, 3.63) is 12.4 Å². The van der Waals surface area contributed by atoms with Crippen molar-refractivity contribution in [2.45, 2.75) is 52.1 Å². The highest BCUT2D eigenvalue weighted by Gasteiger charge is 2.27. The summed E-state index contributed by atoms with van der Waals surface area (Å²) in [5, 5.41) is 3.60. The van der Waals surface area contributed by atoms with Crippen LogP contribution in [0.15, 0.2) is 12.4 Å². The number of rotatable bonds is 6. The van der Waals surface area contributed by atoms with Gasteiger partial charge in [0.2, 0.25) is 5.88 Å². The average molecular weight is 278 g/mol. The van der Waals surface area contributed by atoms with E-state index in [1.54, 1.807) is 6.33 Å². The Hall–Kier alpha value is -1.36. The minimum absolute atomic E-state index is 0.492. The molecule has 1 aliphatic heterocycles. The molecule has 1 saturated heterocycles. The molecule has 5 nitrogen and oxygen atoms in total. The maximum absolute atomic E-state index is 5.62. The lowest BCUT2D eigenvalue weighted by atomic mass is 10.1. The highest BCUT2D eigenvalue weighted by Crippen LogP contribution is 2.22. The van der Waals surface area contributed by atoms with Gasteiger partial charge in [0, 0.05) is 31.2 Å². The smallest absolute Gasteiger partial charge is 0.218 e. The predicted octanol–water partition coefficient (Wildman–Crippen LogP) is 2.23. The van der Waals surface area contributed by atoms with E-state index in [9.17, 15) is 0 Å². The van der Waals surface area contributed by atoms with Gasteiger partial charge in [0.25, 0.3) is 0 Å². The Morgan fingerprint density at radius 2 is 2.15 bits per heavy atom. The zero-order valence-electron chi connectivity index (χ0n) is 12.8. The lowest BCUT2D eigenvalue weighted by Gasteiger charge is -2.40. The quantitative estimate of drug-likeness (QED) is 0.865. The number of hydrogen-bond acceptors (Lipinski definition) is 5. The van der Waals surface area contributed by atoms with Gasteiger partial charge < -0.3 is 15.0 Å². The van der Waals surface area contributed by atoms with E-state index >= 15 is 0 Å². The van der Waals surface area contributed by atoms with Crippen LogP contribution in [0.5, 0.6) is 5.88 Å². The average Bonchev–Trinajstić information content (AvgIpc) is 2.52.